The topological polar surface area (TPSA) is 42.3 Å². The van der Waals surface area contributed by atoms with E-state index < -0.39 is 0 Å². The van der Waals surface area contributed by atoms with Crippen molar-refractivity contribution < 1.29 is 9.59 Å². The van der Waals surface area contributed by atoms with E-state index in [1.54, 1.807) is 23.2 Å². The molecule has 0 saturated carbocycles. The molecule has 1 amide bonds. The first-order chi connectivity index (χ1) is 8.75. The molecule has 0 saturated heterocycles. The van der Waals surface area contributed by atoms with Gasteiger partial charge in [0.1, 0.15) is 0 Å². The van der Waals surface area contributed by atoms with Crippen molar-refractivity contribution in [1.29, 1.82) is 0 Å². The number of hydrogen-bond donors (Lipinski definition) is 0. The van der Waals surface area contributed by atoms with E-state index in [1.165, 1.54) is 4.57 Å². The van der Waals surface area contributed by atoms with Gasteiger partial charge in [0, 0.05) is 12.7 Å². The first kappa shape index (κ1) is 10.8. The molecular formula is C14H12N2O2. The number of aromatic nitrogens is 1. The van der Waals surface area contributed by atoms with Gasteiger partial charge in [0.05, 0.1) is 12.2 Å². The van der Waals surface area contributed by atoms with Crippen molar-refractivity contribution in [2.24, 2.45) is 0 Å². The van der Waals surface area contributed by atoms with Gasteiger partial charge in [-0.1, -0.05) is 30.3 Å². The maximum absolute atomic E-state index is 12.2. The third-order valence-electron chi connectivity index (χ3n) is 3.06. The lowest BCUT2D eigenvalue weighted by molar-refractivity contribution is 0.0906. The van der Waals surface area contributed by atoms with Crippen molar-refractivity contribution in [3.63, 3.8) is 0 Å². The normalized spacial score (nSPS) is 14.8. The molecule has 18 heavy (non-hydrogen) atoms. The molecule has 4 heteroatoms. The summed E-state index contributed by atoms with van der Waals surface area (Å²) in [6, 6.07) is 12.9. The van der Waals surface area contributed by atoms with E-state index in [-0.39, 0.29) is 18.4 Å². The number of hydrogen-bond acceptors (Lipinski definition) is 2. The molecule has 2 aromatic rings. The van der Waals surface area contributed by atoms with Gasteiger partial charge in [0.15, 0.2) is 5.78 Å². The van der Waals surface area contributed by atoms with E-state index in [2.05, 4.69) is 0 Å². The van der Waals surface area contributed by atoms with Crippen LogP contribution >= 0.6 is 0 Å². The van der Waals surface area contributed by atoms with Crippen molar-refractivity contribution >= 4 is 11.8 Å². The van der Waals surface area contributed by atoms with Crippen molar-refractivity contribution in [2.75, 3.05) is 6.54 Å². The van der Waals surface area contributed by atoms with Gasteiger partial charge in [-0.15, -0.1) is 0 Å². The van der Waals surface area contributed by atoms with E-state index in [0.717, 1.165) is 5.56 Å². The zero-order valence-electron chi connectivity index (χ0n) is 9.74. The Bertz CT molecular complexity index is 601. The Morgan fingerprint density at radius 2 is 1.78 bits per heavy atom. The molecule has 0 N–H and O–H groups in total. The summed E-state index contributed by atoms with van der Waals surface area (Å²) in [5.41, 5.74) is 1.50. The Kier molecular flexibility index (Phi) is 2.48. The highest BCUT2D eigenvalue weighted by Crippen LogP contribution is 2.15. The molecule has 0 radical (unpaired) electrons. The minimum Gasteiger partial charge on any atom is -0.312 e. The molecule has 0 bridgehead atoms. The lowest BCUT2D eigenvalue weighted by Crippen LogP contribution is -2.43. The molecule has 0 aliphatic carbocycles. The summed E-state index contributed by atoms with van der Waals surface area (Å²) in [5, 5.41) is 0. The van der Waals surface area contributed by atoms with Gasteiger partial charge in [0.2, 0.25) is 0 Å². The second-order valence-electron chi connectivity index (χ2n) is 4.31. The molecule has 1 aromatic carbocycles. The van der Waals surface area contributed by atoms with Crippen LogP contribution in [0, 0.1) is 0 Å². The third-order valence-corrected chi connectivity index (χ3v) is 3.06. The van der Waals surface area contributed by atoms with Crippen LogP contribution in [0.5, 0.6) is 0 Å². The molecule has 4 nitrogen and oxygen atoms in total. The Morgan fingerprint density at radius 1 is 1.00 bits per heavy atom. The number of ketones is 1. The highest BCUT2D eigenvalue weighted by Gasteiger charge is 2.28. The Hall–Kier alpha value is -2.36. The van der Waals surface area contributed by atoms with Gasteiger partial charge in [0.25, 0.3) is 0 Å². The fraction of sp³-hybridized carbons (Fsp3) is 0.143. The summed E-state index contributed by atoms with van der Waals surface area (Å²) >= 11 is 0. The van der Waals surface area contributed by atoms with Crippen molar-refractivity contribution in [3.8, 4) is 0 Å². The first-order valence-electron chi connectivity index (χ1n) is 5.79. The van der Waals surface area contributed by atoms with Crippen LogP contribution in [0.25, 0.3) is 0 Å². The van der Waals surface area contributed by atoms with Gasteiger partial charge in [-0.2, -0.15) is 0 Å². The molecule has 1 aliphatic heterocycles. The zero-order chi connectivity index (χ0) is 12.5. The Balaban J connectivity index is 1.88. The van der Waals surface area contributed by atoms with Crippen molar-refractivity contribution in [2.45, 2.75) is 6.54 Å². The number of carbonyl (C=O) groups is 2. The first-order valence-corrected chi connectivity index (χ1v) is 5.79. The predicted octanol–water partition coefficient (Wildman–Crippen LogP) is 2.15. The van der Waals surface area contributed by atoms with E-state index >= 15 is 0 Å². The Labute approximate surface area is 104 Å². The molecule has 90 valence electrons. The quantitative estimate of drug-likeness (QED) is 0.807. The standard InChI is InChI=1S/C14H12N2O2/c17-13-10-15(9-11-5-2-1-3-6-11)14(18)16-8-4-7-12(13)16/h1-8H,9-10H2. The number of rotatable bonds is 2. The van der Waals surface area contributed by atoms with Gasteiger partial charge in [-0.25, -0.2) is 4.79 Å². The lowest BCUT2D eigenvalue weighted by atomic mass is 10.2. The number of carbonyl (C=O) groups excluding carboxylic acids is 2. The predicted molar refractivity (Wildman–Crippen MR) is 66.4 cm³/mol. The third kappa shape index (κ3) is 1.72. The monoisotopic (exact) mass is 240 g/mol. The van der Waals surface area contributed by atoms with Gasteiger partial charge in [-0.05, 0) is 17.7 Å². The summed E-state index contributed by atoms with van der Waals surface area (Å²) in [6.07, 6.45) is 1.63. The van der Waals surface area contributed by atoms with Crippen LogP contribution in [0.2, 0.25) is 0 Å². The van der Waals surface area contributed by atoms with Crippen LogP contribution in [0.4, 0.5) is 4.79 Å². The molecular weight excluding hydrogens is 228 g/mol. The summed E-state index contributed by atoms with van der Waals surface area (Å²) in [5.74, 6) is -0.0180. The van der Waals surface area contributed by atoms with Crippen LogP contribution in [0.3, 0.4) is 0 Å². The molecule has 0 atom stereocenters. The summed E-state index contributed by atoms with van der Waals surface area (Å²) in [4.78, 5) is 25.6. The van der Waals surface area contributed by atoms with Crippen LogP contribution in [0.1, 0.15) is 16.1 Å². The van der Waals surface area contributed by atoms with Crippen molar-refractivity contribution in [3.05, 3.63) is 59.9 Å². The maximum atomic E-state index is 12.2. The van der Waals surface area contributed by atoms with Gasteiger partial charge < -0.3 is 4.90 Å². The molecule has 1 aromatic heterocycles. The smallest absolute Gasteiger partial charge is 0.312 e. The largest absolute Gasteiger partial charge is 0.329 e. The molecule has 3 rings (SSSR count). The van der Waals surface area contributed by atoms with Crippen LogP contribution in [-0.2, 0) is 6.54 Å². The number of Topliss-reactive ketones (excluding diaryl/α,β-unsaturated/α-hetero) is 1. The number of fused-ring (bicyclic) bond motifs is 1. The summed E-state index contributed by atoms with van der Waals surface area (Å²) in [7, 11) is 0. The SMILES string of the molecule is O=C1CN(Cc2ccccc2)C(=O)n2cccc21. The van der Waals surface area contributed by atoms with E-state index in [4.69, 9.17) is 0 Å². The maximum Gasteiger partial charge on any atom is 0.329 e. The fourth-order valence-electron chi connectivity index (χ4n) is 2.18. The second kappa shape index (κ2) is 4.14. The molecule has 0 unspecified atom stereocenters. The minimum atomic E-state index is -0.140. The Morgan fingerprint density at radius 3 is 2.56 bits per heavy atom. The van der Waals surface area contributed by atoms with Crippen LogP contribution in [-0.4, -0.2) is 27.8 Å². The average Bonchev–Trinajstić information content (AvgIpc) is 2.87. The van der Waals surface area contributed by atoms with E-state index in [0.29, 0.717) is 12.2 Å². The number of nitrogens with zero attached hydrogens (tertiary/aromatic N) is 2. The molecule has 0 spiro atoms. The second-order valence-corrected chi connectivity index (χ2v) is 4.31. The van der Waals surface area contributed by atoms with E-state index in [9.17, 15) is 9.59 Å². The van der Waals surface area contributed by atoms with Crippen LogP contribution in [0.15, 0.2) is 48.7 Å². The molecule has 2 heterocycles. The summed E-state index contributed by atoms with van der Waals surface area (Å²) < 4.78 is 1.41. The van der Waals surface area contributed by atoms with Gasteiger partial charge in [-0.3, -0.25) is 9.36 Å². The fourth-order valence-corrected chi connectivity index (χ4v) is 2.18. The highest BCUT2D eigenvalue weighted by molar-refractivity contribution is 6.04. The van der Waals surface area contributed by atoms with Crippen LogP contribution < -0.4 is 0 Å². The van der Waals surface area contributed by atoms with E-state index in [1.807, 2.05) is 30.3 Å². The summed E-state index contributed by atoms with van der Waals surface area (Å²) in [6.45, 7) is 0.612. The van der Waals surface area contributed by atoms with Crippen molar-refractivity contribution in [1.82, 2.24) is 9.47 Å². The lowest BCUT2D eigenvalue weighted by Gasteiger charge is -2.27. The number of amides is 1. The zero-order valence-corrected chi connectivity index (χ0v) is 9.74. The minimum absolute atomic E-state index is 0.0180. The highest BCUT2D eigenvalue weighted by atomic mass is 16.2. The molecule has 0 fully saturated rings. The molecule has 1 aliphatic rings. The van der Waals surface area contributed by atoms with Gasteiger partial charge >= 0.3 is 6.03 Å². The average molecular weight is 240 g/mol. The number of benzene rings is 1.